The summed E-state index contributed by atoms with van der Waals surface area (Å²) in [5, 5.41) is 10.5. The van der Waals surface area contributed by atoms with Crippen LogP contribution in [0.4, 0.5) is 5.95 Å². The van der Waals surface area contributed by atoms with E-state index in [0.29, 0.717) is 26.5 Å². The van der Waals surface area contributed by atoms with Crippen LogP contribution in [0, 0.1) is 0 Å². The number of anilines is 1. The molecule has 0 aliphatic heterocycles. The van der Waals surface area contributed by atoms with Crippen molar-refractivity contribution in [3.8, 4) is 21.8 Å². The van der Waals surface area contributed by atoms with Gasteiger partial charge < -0.3 is 10.0 Å². The van der Waals surface area contributed by atoms with Gasteiger partial charge in [-0.3, -0.25) is 4.79 Å². The highest BCUT2D eigenvalue weighted by Crippen LogP contribution is 2.34. The molecule has 0 saturated carbocycles. The molecule has 3 aromatic rings. The second-order valence-electron chi connectivity index (χ2n) is 5.53. The van der Waals surface area contributed by atoms with Crippen LogP contribution in [-0.4, -0.2) is 40.1 Å². The third-order valence-corrected chi connectivity index (χ3v) is 4.77. The number of halogens is 1. The summed E-state index contributed by atoms with van der Waals surface area (Å²) in [4.78, 5) is 26.9. The maximum absolute atomic E-state index is 11.2. The molecule has 0 fully saturated rings. The van der Waals surface area contributed by atoms with Gasteiger partial charge in [-0.1, -0.05) is 23.7 Å². The number of thiazole rings is 1. The molecule has 2 aromatic heterocycles. The third-order valence-electron chi connectivity index (χ3n) is 3.41. The number of aromatic nitrogens is 3. The number of aliphatic carboxylic acids is 1. The molecule has 128 valence electrons. The van der Waals surface area contributed by atoms with Gasteiger partial charge in [-0.25, -0.2) is 15.0 Å². The van der Waals surface area contributed by atoms with Gasteiger partial charge in [0.25, 0.3) is 0 Å². The maximum atomic E-state index is 11.2. The normalized spacial score (nSPS) is 10.7. The van der Waals surface area contributed by atoms with Crippen LogP contribution in [0.25, 0.3) is 21.8 Å². The summed E-state index contributed by atoms with van der Waals surface area (Å²) in [5.74, 6) is -0.298. The van der Waals surface area contributed by atoms with Gasteiger partial charge in [0.15, 0.2) is 0 Å². The Morgan fingerprint density at radius 1 is 1.16 bits per heavy atom. The van der Waals surface area contributed by atoms with Crippen molar-refractivity contribution in [1.29, 1.82) is 0 Å². The summed E-state index contributed by atoms with van der Waals surface area (Å²) in [5.41, 5.74) is 2.23. The molecule has 6 nitrogen and oxygen atoms in total. The second-order valence-corrected chi connectivity index (χ2v) is 7.05. The molecule has 8 heteroatoms. The van der Waals surface area contributed by atoms with Crippen LogP contribution in [0.15, 0.2) is 36.7 Å². The first kappa shape index (κ1) is 17.3. The first-order valence-corrected chi connectivity index (χ1v) is 8.60. The van der Waals surface area contributed by atoms with Crippen LogP contribution >= 0.6 is 22.9 Å². The van der Waals surface area contributed by atoms with Gasteiger partial charge >= 0.3 is 5.97 Å². The zero-order chi connectivity index (χ0) is 18.0. The van der Waals surface area contributed by atoms with Gasteiger partial charge in [0.2, 0.25) is 5.95 Å². The topological polar surface area (TPSA) is 79.2 Å². The van der Waals surface area contributed by atoms with Crippen molar-refractivity contribution in [1.82, 2.24) is 15.0 Å². The van der Waals surface area contributed by atoms with Crippen LogP contribution in [-0.2, 0) is 11.2 Å². The fourth-order valence-electron chi connectivity index (χ4n) is 2.23. The zero-order valence-corrected chi connectivity index (χ0v) is 15.2. The molecule has 0 unspecified atom stereocenters. The van der Waals surface area contributed by atoms with E-state index in [-0.39, 0.29) is 6.42 Å². The van der Waals surface area contributed by atoms with Crippen LogP contribution in [0.5, 0.6) is 0 Å². The molecule has 2 heterocycles. The monoisotopic (exact) mass is 374 g/mol. The van der Waals surface area contributed by atoms with Gasteiger partial charge in [-0.15, -0.1) is 11.3 Å². The zero-order valence-electron chi connectivity index (χ0n) is 13.6. The fourth-order valence-corrected chi connectivity index (χ4v) is 3.40. The Morgan fingerprint density at radius 3 is 2.36 bits per heavy atom. The number of carbonyl (C=O) groups is 1. The van der Waals surface area contributed by atoms with E-state index in [2.05, 4.69) is 15.0 Å². The summed E-state index contributed by atoms with van der Waals surface area (Å²) in [7, 11) is 3.73. The number of rotatable bonds is 5. The molecule has 0 spiro atoms. The molecule has 0 amide bonds. The minimum absolute atomic E-state index is 0.0910. The van der Waals surface area contributed by atoms with Crippen molar-refractivity contribution >= 4 is 34.9 Å². The number of benzene rings is 1. The molecular formula is C17H15ClN4O2S. The number of carboxylic acid groups (broad SMARTS) is 1. The quantitative estimate of drug-likeness (QED) is 0.734. The highest BCUT2D eigenvalue weighted by molar-refractivity contribution is 7.15. The van der Waals surface area contributed by atoms with E-state index in [1.165, 1.54) is 11.3 Å². The van der Waals surface area contributed by atoms with Gasteiger partial charge in [-0.05, 0) is 12.1 Å². The predicted molar refractivity (Wildman–Crippen MR) is 99.3 cm³/mol. The lowest BCUT2D eigenvalue weighted by atomic mass is 10.1. The molecule has 0 aliphatic rings. The average molecular weight is 375 g/mol. The predicted octanol–water partition coefficient (Wildman–Crippen LogP) is 3.61. The molecule has 1 N–H and O–H groups in total. The number of hydrogen-bond acceptors (Lipinski definition) is 6. The van der Waals surface area contributed by atoms with E-state index >= 15 is 0 Å². The lowest BCUT2D eigenvalue weighted by molar-refractivity contribution is -0.136. The van der Waals surface area contributed by atoms with Gasteiger partial charge in [0, 0.05) is 47.5 Å². The molecule has 25 heavy (non-hydrogen) atoms. The summed E-state index contributed by atoms with van der Waals surface area (Å²) in [6.45, 7) is 0. The number of nitrogens with zero attached hydrogens (tertiary/aromatic N) is 4. The van der Waals surface area contributed by atoms with Crippen molar-refractivity contribution < 1.29 is 9.90 Å². The Labute approximate surface area is 153 Å². The van der Waals surface area contributed by atoms with E-state index in [1.807, 2.05) is 26.2 Å². The van der Waals surface area contributed by atoms with Crippen molar-refractivity contribution in [2.75, 3.05) is 19.0 Å². The lowest BCUT2D eigenvalue weighted by Gasteiger charge is -2.08. The summed E-state index contributed by atoms with van der Waals surface area (Å²) >= 11 is 7.27. The molecular weight excluding hydrogens is 360 g/mol. The standard InChI is InChI=1S/C17H15ClN4O2S/c1-22(2)17-19-8-11(9-20-17)16-21-15(13(25-16)7-14(23)24)10-3-5-12(18)6-4-10/h3-6,8-9H,7H2,1-2H3,(H,23,24). The van der Waals surface area contributed by atoms with Crippen molar-refractivity contribution in [2.45, 2.75) is 6.42 Å². The molecule has 3 rings (SSSR count). The van der Waals surface area contributed by atoms with E-state index in [0.717, 1.165) is 11.1 Å². The van der Waals surface area contributed by atoms with E-state index in [9.17, 15) is 9.90 Å². The van der Waals surface area contributed by atoms with Crippen molar-refractivity contribution in [3.63, 3.8) is 0 Å². The lowest BCUT2D eigenvalue weighted by Crippen LogP contribution is -2.12. The molecule has 1 aromatic carbocycles. The first-order valence-electron chi connectivity index (χ1n) is 7.41. The van der Waals surface area contributed by atoms with Gasteiger partial charge in [0.1, 0.15) is 5.01 Å². The van der Waals surface area contributed by atoms with Crippen LogP contribution in [0.3, 0.4) is 0 Å². The Balaban J connectivity index is 2.03. The molecule has 0 atom stereocenters. The second kappa shape index (κ2) is 7.16. The van der Waals surface area contributed by atoms with Gasteiger partial charge in [0.05, 0.1) is 12.1 Å². The van der Waals surface area contributed by atoms with E-state index < -0.39 is 5.97 Å². The van der Waals surface area contributed by atoms with Crippen molar-refractivity contribution in [3.05, 3.63) is 46.6 Å². The van der Waals surface area contributed by atoms with Crippen LogP contribution in [0.1, 0.15) is 4.88 Å². The number of hydrogen-bond donors (Lipinski definition) is 1. The molecule has 0 saturated heterocycles. The molecule has 0 radical (unpaired) electrons. The van der Waals surface area contributed by atoms with Crippen molar-refractivity contribution in [2.24, 2.45) is 0 Å². The number of carboxylic acids is 1. The third kappa shape index (κ3) is 3.94. The van der Waals surface area contributed by atoms with E-state index in [1.54, 1.807) is 29.4 Å². The summed E-state index contributed by atoms with van der Waals surface area (Å²) in [6, 6.07) is 7.18. The largest absolute Gasteiger partial charge is 0.481 e. The Bertz CT molecular complexity index is 892. The SMILES string of the molecule is CN(C)c1ncc(-c2nc(-c3ccc(Cl)cc3)c(CC(=O)O)s2)cn1. The highest BCUT2D eigenvalue weighted by atomic mass is 35.5. The Morgan fingerprint density at radius 2 is 1.80 bits per heavy atom. The van der Waals surface area contributed by atoms with Crippen LogP contribution < -0.4 is 4.90 Å². The van der Waals surface area contributed by atoms with E-state index in [4.69, 9.17) is 11.6 Å². The van der Waals surface area contributed by atoms with Gasteiger partial charge in [-0.2, -0.15) is 0 Å². The fraction of sp³-hybridized carbons (Fsp3) is 0.176. The molecule has 0 bridgehead atoms. The molecule has 0 aliphatic carbocycles. The Hall–Kier alpha value is -2.51. The maximum Gasteiger partial charge on any atom is 0.308 e. The minimum atomic E-state index is -0.899. The summed E-state index contributed by atoms with van der Waals surface area (Å²) < 4.78 is 0. The minimum Gasteiger partial charge on any atom is -0.481 e. The average Bonchev–Trinajstić information content (AvgIpc) is 2.98. The Kier molecular flexibility index (Phi) is 4.96. The summed E-state index contributed by atoms with van der Waals surface area (Å²) in [6.07, 6.45) is 3.29. The smallest absolute Gasteiger partial charge is 0.308 e. The van der Waals surface area contributed by atoms with Crippen LogP contribution in [0.2, 0.25) is 5.02 Å². The highest BCUT2D eigenvalue weighted by Gasteiger charge is 2.17. The first-order chi connectivity index (χ1) is 11.9.